The smallest absolute Gasteiger partial charge is 0.166 e. The quantitative estimate of drug-likeness (QED) is 0.717. The Morgan fingerprint density at radius 1 is 0.867 bits per heavy atom. The summed E-state index contributed by atoms with van der Waals surface area (Å²) < 4.78 is 23.3. The highest BCUT2D eigenvalue weighted by Crippen LogP contribution is 2.46. The molecule has 1 saturated carbocycles. The second kappa shape index (κ2) is 8.03. The SMILES string of the molecule is COc1cc2c(cc1OC)[C@@H]1Cc3ccc(OC)c(OC4CCCC4)c3CN1CC2. The summed E-state index contributed by atoms with van der Waals surface area (Å²) in [5.41, 5.74) is 5.40. The molecule has 1 atom stereocenters. The first-order chi connectivity index (χ1) is 14.7. The Morgan fingerprint density at radius 3 is 2.33 bits per heavy atom. The summed E-state index contributed by atoms with van der Waals surface area (Å²) in [6.07, 6.45) is 7.13. The average Bonchev–Trinajstić information content (AvgIpc) is 3.30. The van der Waals surface area contributed by atoms with E-state index in [1.165, 1.54) is 35.1 Å². The van der Waals surface area contributed by atoms with E-state index in [1.807, 2.05) is 0 Å². The van der Waals surface area contributed by atoms with E-state index in [2.05, 4.69) is 29.2 Å². The van der Waals surface area contributed by atoms with Crippen LogP contribution >= 0.6 is 0 Å². The Morgan fingerprint density at radius 2 is 1.60 bits per heavy atom. The zero-order valence-electron chi connectivity index (χ0n) is 18.2. The van der Waals surface area contributed by atoms with Crippen LogP contribution in [0.1, 0.15) is 54.0 Å². The summed E-state index contributed by atoms with van der Waals surface area (Å²) >= 11 is 0. The molecule has 0 unspecified atom stereocenters. The minimum Gasteiger partial charge on any atom is -0.493 e. The molecule has 30 heavy (non-hydrogen) atoms. The number of ether oxygens (including phenoxy) is 4. The first-order valence-electron chi connectivity index (χ1n) is 11.1. The van der Waals surface area contributed by atoms with Gasteiger partial charge in [0.2, 0.25) is 0 Å². The monoisotopic (exact) mass is 409 g/mol. The maximum absolute atomic E-state index is 6.52. The summed E-state index contributed by atoms with van der Waals surface area (Å²) in [5, 5.41) is 0. The van der Waals surface area contributed by atoms with Crippen molar-refractivity contribution in [2.75, 3.05) is 27.9 Å². The summed E-state index contributed by atoms with van der Waals surface area (Å²) in [6, 6.07) is 8.99. The van der Waals surface area contributed by atoms with Crippen molar-refractivity contribution < 1.29 is 18.9 Å². The maximum atomic E-state index is 6.52. The molecule has 0 N–H and O–H groups in total. The first kappa shape index (κ1) is 19.6. The van der Waals surface area contributed by atoms with Gasteiger partial charge in [0.1, 0.15) is 0 Å². The van der Waals surface area contributed by atoms with Crippen LogP contribution in [0.15, 0.2) is 24.3 Å². The minimum absolute atomic E-state index is 0.321. The molecule has 5 heteroatoms. The lowest BCUT2D eigenvalue weighted by Crippen LogP contribution is -2.39. The predicted octanol–water partition coefficient (Wildman–Crippen LogP) is 4.69. The molecule has 1 aliphatic carbocycles. The lowest BCUT2D eigenvalue weighted by Gasteiger charge is -2.42. The fraction of sp³-hybridized carbons (Fsp3) is 0.520. The topological polar surface area (TPSA) is 40.2 Å². The second-order valence-corrected chi connectivity index (χ2v) is 8.61. The third kappa shape index (κ3) is 3.29. The molecule has 5 nitrogen and oxygen atoms in total. The summed E-state index contributed by atoms with van der Waals surface area (Å²) in [7, 11) is 5.15. The summed E-state index contributed by atoms with van der Waals surface area (Å²) in [6.45, 7) is 1.93. The molecule has 0 spiro atoms. The Labute approximate surface area is 178 Å². The van der Waals surface area contributed by atoms with Crippen molar-refractivity contribution in [2.45, 2.75) is 57.2 Å². The Balaban J connectivity index is 1.51. The number of methoxy groups -OCH3 is 3. The van der Waals surface area contributed by atoms with Crippen LogP contribution in [0.4, 0.5) is 0 Å². The van der Waals surface area contributed by atoms with E-state index in [9.17, 15) is 0 Å². The van der Waals surface area contributed by atoms with Gasteiger partial charge in [-0.25, -0.2) is 0 Å². The molecule has 5 rings (SSSR count). The van der Waals surface area contributed by atoms with Gasteiger partial charge in [-0.2, -0.15) is 0 Å². The number of hydrogen-bond donors (Lipinski definition) is 0. The first-order valence-corrected chi connectivity index (χ1v) is 11.1. The van der Waals surface area contributed by atoms with Gasteiger partial charge < -0.3 is 18.9 Å². The van der Waals surface area contributed by atoms with Crippen LogP contribution in [0.5, 0.6) is 23.0 Å². The van der Waals surface area contributed by atoms with Crippen LogP contribution in [-0.2, 0) is 19.4 Å². The van der Waals surface area contributed by atoms with Crippen LogP contribution in [-0.4, -0.2) is 38.9 Å². The average molecular weight is 410 g/mol. The van der Waals surface area contributed by atoms with Gasteiger partial charge in [-0.05, 0) is 73.4 Å². The maximum Gasteiger partial charge on any atom is 0.166 e. The number of nitrogens with zero attached hydrogens (tertiary/aromatic N) is 1. The van der Waals surface area contributed by atoms with Crippen molar-refractivity contribution in [3.8, 4) is 23.0 Å². The van der Waals surface area contributed by atoms with Gasteiger partial charge in [-0.3, -0.25) is 4.90 Å². The summed E-state index contributed by atoms with van der Waals surface area (Å²) in [4.78, 5) is 2.58. The van der Waals surface area contributed by atoms with Crippen molar-refractivity contribution in [3.63, 3.8) is 0 Å². The van der Waals surface area contributed by atoms with Gasteiger partial charge in [0.25, 0.3) is 0 Å². The highest BCUT2D eigenvalue weighted by atomic mass is 16.5. The molecule has 2 heterocycles. The lowest BCUT2D eigenvalue weighted by atomic mass is 9.83. The fourth-order valence-corrected chi connectivity index (χ4v) is 5.39. The van der Waals surface area contributed by atoms with E-state index < -0.39 is 0 Å². The molecule has 2 aromatic rings. The number of rotatable bonds is 5. The number of fused-ring (bicyclic) bond motifs is 4. The van der Waals surface area contributed by atoms with Gasteiger partial charge in [-0.1, -0.05) is 6.07 Å². The third-order valence-electron chi connectivity index (χ3n) is 7.02. The van der Waals surface area contributed by atoms with E-state index in [0.29, 0.717) is 12.1 Å². The fourth-order valence-electron chi connectivity index (χ4n) is 5.39. The standard InChI is InChI=1S/C25H31NO4/c1-27-22-9-8-16-12-21-19-14-24(29-3)23(28-2)13-17(19)10-11-26(21)15-20(16)25(22)30-18-6-4-5-7-18/h8-9,13-14,18,21H,4-7,10-12,15H2,1-3H3/t21-/m0/s1. The number of hydrogen-bond acceptors (Lipinski definition) is 5. The second-order valence-electron chi connectivity index (χ2n) is 8.61. The molecule has 0 radical (unpaired) electrons. The zero-order chi connectivity index (χ0) is 20.7. The molecule has 2 aliphatic heterocycles. The lowest BCUT2D eigenvalue weighted by molar-refractivity contribution is 0.148. The van der Waals surface area contributed by atoms with E-state index in [0.717, 1.165) is 61.8 Å². The van der Waals surface area contributed by atoms with Crippen molar-refractivity contribution in [3.05, 3.63) is 46.5 Å². The van der Waals surface area contributed by atoms with Crippen LogP contribution < -0.4 is 18.9 Å². The Hall–Kier alpha value is -2.40. The normalized spacial score (nSPS) is 20.8. The third-order valence-corrected chi connectivity index (χ3v) is 7.02. The van der Waals surface area contributed by atoms with Crippen LogP contribution in [0.2, 0.25) is 0 Å². The van der Waals surface area contributed by atoms with Gasteiger partial charge in [0, 0.05) is 24.7 Å². The highest BCUT2D eigenvalue weighted by Gasteiger charge is 2.35. The molecule has 160 valence electrons. The Kier molecular flexibility index (Phi) is 5.23. The van der Waals surface area contributed by atoms with Gasteiger partial charge in [-0.15, -0.1) is 0 Å². The minimum atomic E-state index is 0.321. The highest BCUT2D eigenvalue weighted by molar-refractivity contribution is 5.55. The van der Waals surface area contributed by atoms with E-state index >= 15 is 0 Å². The van der Waals surface area contributed by atoms with Crippen LogP contribution in [0.25, 0.3) is 0 Å². The van der Waals surface area contributed by atoms with Gasteiger partial charge >= 0.3 is 0 Å². The molecule has 0 saturated heterocycles. The molecular formula is C25H31NO4. The molecular weight excluding hydrogens is 378 g/mol. The van der Waals surface area contributed by atoms with E-state index in [1.54, 1.807) is 21.3 Å². The summed E-state index contributed by atoms with van der Waals surface area (Å²) in [5.74, 6) is 3.46. The Bertz CT molecular complexity index is 935. The van der Waals surface area contributed by atoms with E-state index in [4.69, 9.17) is 18.9 Å². The van der Waals surface area contributed by atoms with Crippen molar-refractivity contribution in [1.82, 2.24) is 4.90 Å². The van der Waals surface area contributed by atoms with Gasteiger partial charge in [0.15, 0.2) is 23.0 Å². The molecule has 1 fully saturated rings. The van der Waals surface area contributed by atoms with Crippen LogP contribution in [0, 0.1) is 0 Å². The largest absolute Gasteiger partial charge is 0.493 e. The van der Waals surface area contributed by atoms with Crippen molar-refractivity contribution in [1.29, 1.82) is 0 Å². The molecule has 2 aromatic carbocycles. The molecule has 0 amide bonds. The van der Waals surface area contributed by atoms with Crippen LogP contribution in [0.3, 0.4) is 0 Å². The van der Waals surface area contributed by atoms with E-state index in [-0.39, 0.29) is 0 Å². The molecule has 0 bridgehead atoms. The number of benzene rings is 2. The molecule has 0 aromatic heterocycles. The zero-order valence-corrected chi connectivity index (χ0v) is 18.2. The predicted molar refractivity (Wildman–Crippen MR) is 116 cm³/mol. The van der Waals surface area contributed by atoms with Crippen molar-refractivity contribution in [2.24, 2.45) is 0 Å². The van der Waals surface area contributed by atoms with Crippen molar-refractivity contribution >= 4 is 0 Å². The molecule has 3 aliphatic rings. The van der Waals surface area contributed by atoms with Gasteiger partial charge in [0.05, 0.1) is 27.4 Å².